The quantitative estimate of drug-likeness (QED) is 0.753. The van der Waals surface area contributed by atoms with Crippen molar-refractivity contribution in [3.05, 3.63) is 17.7 Å². The highest BCUT2D eigenvalue weighted by atomic mass is 15.4. The molecule has 22 heavy (non-hydrogen) atoms. The van der Waals surface area contributed by atoms with Crippen LogP contribution in [0.15, 0.2) is 6.20 Å². The molecule has 1 aromatic heterocycles. The SMILES string of the molecule is CC1NNC(C)C1CN(C)Cc1cnc(CC2CCCC2)[nH]1. The lowest BCUT2D eigenvalue weighted by Crippen LogP contribution is -2.35. The van der Waals surface area contributed by atoms with Gasteiger partial charge < -0.3 is 9.88 Å². The molecule has 0 amide bonds. The van der Waals surface area contributed by atoms with Crippen LogP contribution in [-0.4, -0.2) is 40.5 Å². The van der Waals surface area contributed by atoms with E-state index >= 15 is 0 Å². The van der Waals surface area contributed by atoms with E-state index < -0.39 is 0 Å². The van der Waals surface area contributed by atoms with E-state index in [4.69, 9.17) is 0 Å². The van der Waals surface area contributed by atoms with Gasteiger partial charge in [-0.15, -0.1) is 0 Å². The molecule has 2 atom stereocenters. The van der Waals surface area contributed by atoms with Crippen molar-refractivity contribution in [2.24, 2.45) is 11.8 Å². The standard InChI is InChI=1S/C17H31N5/c1-12-16(13(2)21-20-12)11-22(3)10-15-9-18-17(19-15)8-14-6-4-5-7-14/h9,12-14,16,20-21H,4-8,10-11H2,1-3H3,(H,18,19). The smallest absolute Gasteiger partial charge is 0.106 e. The third-order valence-electron chi connectivity index (χ3n) is 5.42. The Hall–Kier alpha value is -0.910. The molecule has 1 saturated carbocycles. The van der Waals surface area contributed by atoms with Crippen LogP contribution in [0.4, 0.5) is 0 Å². The van der Waals surface area contributed by atoms with E-state index in [1.54, 1.807) is 0 Å². The maximum atomic E-state index is 4.59. The Labute approximate surface area is 134 Å². The molecule has 2 fully saturated rings. The molecular weight excluding hydrogens is 274 g/mol. The van der Waals surface area contributed by atoms with Gasteiger partial charge in [0.05, 0.1) is 0 Å². The number of hydrogen-bond donors (Lipinski definition) is 3. The third-order valence-corrected chi connectivity index (χ3v) is 5.42. The van der Waals surface area contributed by atoms with Crippen LogP contribution in [0, 0.1) is 11.8 Å². The minimum Gasteiger partial charge on any atom is -0.345 e. The second kappa shape index (κ2) is 7.11. The first-order valence-electron chi connectivity index (χ1n) is 8.84. The number of aromatic nitrogens is 2. The zero-order chi connectivity index (χ0) is 15.5. The molecule has 0 spiro atoms. The molecule has 3 rings (SSSR count). The maximum absolute atomic E-state index is 4.59. The summed E-state index contributed by atoms with van der Waals surface area (Å²) in [5, 5.41) is 0. The lowest BCUT2D eigenvalue weighted by molar-refractivity contribution is 0.247. The first kappa shape index (κ1) is 16.0. The molecule has 1 saturated heterocycles. The lowest BCUT2D eigenvalue weighted by atomic mass is 9.96. The molecule has 2 heterocycles. The summed E-state index contributed by atoms with van der Waals surface area (Å²) >= 11 is 0. The highest BCUT2D eigenvalue weighted by Crippen LogP contribution is 2.27. The minimum absolute atomic E-state index is 0.525. The van der Waals surface area contributed by atoms with Crippen LogP contribution in [-0.2, 0) is 13.0 Å². The first-order valence-corrected chi connectivity index (χ1v) is 8.84. The Morgan fingerprint density at radius 1 is 1.18 bits per heavy atom. The molecule has 1 aliphatic heterocycles. The predicted octanol–water partition coefficient (Wildman–Crippen LogP) is 2.08. The summed E-state index contributed by atoms with van der Waals surface area (Å²) in [6, 6.07) is 1.05. The van der Waals surface area contributed by atoms with Gasteiger partial charge in [0.2, 0.25) is 0 Å². The molecule has 0 radical (unpaired) electrons. The number of imidazole rings is 1. The first-order chi connectivity index (χ1) is 10.6. The van der Waals surface area contributed by atoms with Gasteiger partial charge in [0.1, 0.15) is 5.82 Å². The van der Waals surface area contributed by atoms with Crippen molar-refractivity contribution in [2.75, 3.05) is 13.6 Å². The second-order valence-corrected chi connectivity index (χ2v) is 7.44. The fourth-order valence-electron chi connectivity index (χ4n) is 4.02. The summed E-state index contributed by atoms with van der Waals surface area (Å²) in [6.45, 7) is 6.56. The molecule has 1 aliphatic carbocycles. The van der Waals surface area contributed by atoms with Crippen molar-refractivity contribution < 1.29 is 0 Å². The second-order valence-electron chi connectivity index (χ2n) is 7.44. The summed E-state index contributed by atoms with van der Waals surface area (Å²) in [6.07, 6.45) is 8.73. The molecule has 0 bridgehead atoms. The average molecular weight is 305 g/mol. The van der Waals surface area contributed by atoms with Gasteiger partial charge >= 0.3 is 0 Å². The molecule has 2 aliphatic rings. The Morgan fingerprint density at radius 2 is 1.86 bits per heavy atom. The van der Waals surface area contributed by atoms with Gasteiger partial charge in [0.15, 0.2) is 0 Å². The highest BCUT2D eigenvalue weighted by molar-refractivity contribution is 5.02. The van der Waals surface area contributed by atoms with E-state index in [1.165, 1.54) is 37.2 Å². The largest absolute Gasteiger partial charge is 0.345 e. The Bertz CT molecular complexity index is 455. The molecule has 2 unspecified atom stereocenters. The van der Waals surface area contributed by atoms with E-state index in [2.05, 4.69) is 46.6 Å². The fourth-order valence-corrected chi connectivity index (χ4v) is 4.02. The summed E-state index contributed by atoms with van der Waals surface area (Å²) in [7, 11) is 2.20. The average Bonchev–Trinajstić information content (AvgIpc) is 3.19. The molecule has 5 heteroatoms. The number of hydrogen-bond acceptors (Lipinski definition) is 4. The summed E-state index contributed by atoms with van der Waals surface area (Å²) in [4.78, 5) is 10.5. The van der Waals surface area contributed by atoms with Gasteiger partial charge in [0.25, 0.3) is 0 Å². The van der Waals surface area contributed by atoms with E-state index in [0.29, 0.717) is 18.0 Å². The minimum atomic E-state index is 0.525. The maximum Gasteiger partial charge on any atom is 0.106 e. The van der Waals surface area contributed by atoms with E-state index in [1.807, 2.05) is 6.20 Å². The predicted molar refractivity (Wildman–Crippen MR) is 89.3 cm³/mol. The Balaban J connectivity index is 1.48. The van der Waals surface area contributed by atoms with Crippen LogP contribution in [0.3, 0.4) is 0 Å². The van der Waals surface area contributed by atoms with Gasteiger partial charge in [-0.1, -0.05) is 25.7 Å². The van der Waals surface area contributed by atoms with Crippen LogP contribution in [0.5, 0.6) is 0 Å². The summed E-state index contributed by atoms with van der Waals surface area (Å²) < 4.78 is 0. The number of rotatable bonds is 6. The Kier molecular flexibility index (Phi) is 5.16. The van der Waals surface area contributed by atoms with Crippen molar-refractivity contribution in [1.29, 1.82) is 0 Å². The zero-order valence-corrected chi connectivity index (χ0v) is 14.2. The zero-order valence-electron chi connectivity index (χ0n) is 14.2. The molecule has 0 aromatic carbocycles. The van der Waals surface area contributed by atoms with Gasteiger partial charge in [0, 0.05) is 49.4 Å². The number of nitrogens with one attached hydrogen (secondary N) is 3. The van der Waals surface area contributed by atoms with Gasteiger partial charge in [-0.3, -0.25) is 10.9 Å². The topological polar surface area (TPSA) is 56.0 Å². The van der Waals surface area contributed by atoms with Gasteiger partial charge in [-0.25, -0.2) is 4.98 Å². The van der Waals surface area contributed by atoms with Crippen LogP contribution in [0.2, 0.25) is 0 Å². The van der Waals surface area contributed by atoms with E-state index in [9.17, 15) is 0 Å². The summed E-state index contributed by atoms with van der Waals surface area (Å²) in [5.41, 5.74) is 7.92. The molecule has 124 valence electrons. The Morgan fingerprint density at radius 3 is 2.55 bits per heavy atom. The van der Waals surface area contributed by atoms with Crippen molar-refractivity contribution in [2.45, 2.75) is 64.6 Å². The van der Waals surface area contributed by atoms with Gasteiger partial charge in [-0.2, -0.15) is 0 Å². The van der Waals surface area contributed by atoms with Crippen LogP contribution < -0.4 is 10.9 Å². The number of aromatic amines is 1. The normalized spacial score (nSPS) is 29.7. The van der Waals surface area contributed by atoms with Crippen molar-refractivity contribution in [3.63, 3.8) is 0 Å². The third kappa shape index (κ3) is 3.89. The lowest BCUT2D eigenvalue weighted by Gasteiger charge is -2.24. The van der Waals surface area contributed by atoms with Crippen LogP contribution in [0.1, 0.15) is 51.0 Å². The molecule has 5 nitrogen and oxygen atoms in total. The monoisotopic (exact) mass is 305 g/mol. The van der Waals surface area contributed by atoms with Crippen molar-refractivity contribution in [1.82, 2.24) is 25.7 Å². The van der Waals surface area contributed by atoms with E-state index in [0.717, 1.165) is 25.4 Å². The number of nitrogens with zero attached hydrogens (tertiary/aromatic N) is 2. The van der Waals surface area contributed by atoms with Crippen molar-refractivity contribution in [3.8, 4) is 0 Å². The van der Waals surface area contributed by atoms with E-state index in [-0.39, 0.29) is 0 Å². The highest BCUT2D eigenvalue weighted by Gasteiger charge is 2.30. The van der Waals surface area contributed by atoms with Crippen LogP contribution in [0.25, 0.3) is 0 Å². The van der Waals surface area contributed by atoms with Gasteiger partial charge in [-0.05, 0) is 26.8 Å². The summed E-state index contributed by atoms with van der Waals surface area (Å²) in [5.74, 6) is 2.68. The van der Waals surface area contributed by atoms with Crippen LogP contribution >= 0.6 is 0 Å². The molecule has 3 N–H and O–H groups in total. The van der Waals surface area contributed by atoms with Crippen molar-refractivity contribution >= 4 is 0 Å². The number of hydrazine groups is 1. The number of H-pyrrole nitrogens is 1. The molecular formula is C17H31N5. The fraction of sp³-hybridized carbons (Fsp3) is 0.824. The molecule has 1 aromatic rings.